The van der Waals surface area contributed by atoms with Gasteiger partial charge in [-0.2, -0.15) is 8.42 Å². The van der Waals surface area contributed by atoms with Gasteiger partial charge in [-0.1, -0.05) is 0 Å². The van der Waals surface area contributed by atoms with E-state index in [4.69, 9.17) is 22.1 Å². The fraction of sp³-hybridized carbons (Fsp3) is 0. The number of carbonyl (C=O) groups is 1. The van der Waals surface area contributed by atoms with Gasteiger partial charge >= 0.3 is 35.8 Å². The number of hydrogen-bond acceptors (Lipinski definition) is 7. The van der Waals surface area contributed by atoms with Crippen LogP contribution in [0.4, 0.5) is 4.79 Å². The molecule has 0 aromatic heterocycles. The van der Waals surface area contributed by atoms with Crippen molar-refractivity contribution in [2.24, 2.45) is 5.73 Å². The van der Waals surface area contributed by atoms with Crippen LogP contribution in [0.5, 0.6) is 0 Å². The second-order valence-electron chi connectivity index (χ2n) is 1.35. The molecule has 0 bridgehead atoms. The molecular formula is CH4N2O8S2Zn. The molecule has 0 unspecified atom stereocenters. The summed E-state index contributed by atoms with van der Waals surface area (Å²) >= 11 is 0. The minimum absolute atomic E-state index is 0. The van der Waals surface area contributed by atoms with Gasteiger partial charge in [-0.15, -0.1) is 0 Å². The van der Waals surface area contributed by atoms with Crippen molar-refractivity contribution in [2.45, 2.75) is 0 Å². The molecule has 0 atom stereocenters. The van der Waals surface area contributed by atoms with Gasteiger partial charge in [0.1, 0.15) is 0 Å². The van der Waals surface area contributed by atoms with Gasteiger partial charge in [-0.3, -0.25) is 13.0 Å². The summed E-state index contributed by atoms with van der Waals surface area (Å²) in [4.78, 5) is 9.59. The first kappa shape index (κ1) is 19.3. The van der Waals surface area contributed by atoms with Crippen molar-refractivity contribution in [3.8, 4) is 0 Å². The number of nitrogens with two attached hydrogens (primary N) is 1. The van der Waals surface area contributed by atoms with Crippen LogP contribution in [0, 0.1) is 0 Å². The molecule has 2 amide bonds. The molecule has 0 aliphatic rings. The molecule has 0 saturated heterocycles. The van der Waals surface area contributed by atoms with Gasteiger partial charge in [0.25, 0.3) is 0 Å². The Bertz CT molecular complexity index is 347. The van der Waals surface area contributed by atoms with Crippen LogP contribution < -0.4 is 10.5 Å². The molecule has 10 nitrogen and oxygen atoms in total. The van der Waals surface area contributed by atoms with E-state index in [1.54, 1.807) is 0 Å². The molecule has 0 aromatic carbocycles. The Morgan fingerprint density at radius 1 is 1.21 bits per heavy atom. The van der Waals surface area contributed by atoms with Crippen molar-refractivity contribution < 1.29 is 54.8 Å². The summed E-state index contributed by atoms with van der Waals surface area (Å²) in [6.45, 7) is 0. The van der Waals surface area contributed by atoms with Crippen LogP contribution in [0.1, 0.15) is 0 Å². The maximum Gasteiger partial charge on any atom is 2.00 e. The average molecular weight is 302 g/mol. The van der Waals surface area contributed by atoms with E-state index in [0.717, 1.165) is 4.72 Å². The van der Waals surface area contributed by atoms with Crippen molar-refractivity contribution in [1.82, 2.24) is 4.72 Å². The zero-order valence-electron chi connectivity index (χ0n) is 6.41. The maximum atomic E-state index is 9.59. The minimum atomic E-state index is -5.17. The Labute approximate surface area is 92.1 Å². The monoisotopic (exact) mass is 300 g/mol. The number of primary amides is 1. The average Bonchev–Trinajstić information content (AvgIpc) is 1.47. The molecule has 13 heteroatoms. The Morgan fingerprint density at radius 2 is 1.43 bits per heavy atom. The summed E-state index contributed by atoms with van der Waals surface area (Å²) < 4.78 is 62.1. The summed E-state index contributed by atoms with van der Waals surface area (Å²) in [5.74, 6) is 0. The normalized spacial score (nSPS) is 10.2. The summed E-state index contributed by atoms with van der Waals surface area (Å²) in [6.07, 6.45) is 0. The molecule has 0 aromatic rings. The molecule has 0 rings (SSSR count). The van der Waals surface area contributed by atoms with Crippen LogP contribution >= 0.6 is 0 Å². The van der Waals surface area contributed by atoms with Gasteiger partial charge in [-0.25, -0.2) is 9.52 Å². The van der Waals surface area contributed by atoms with Crippen LogP contribution in [0.25, 0.3) is 0 Å². The van der Waals surface area contributed by atoms with E-state index in [1.165, 1.54) is 0 Å². The van der Waals surface area contributed by atoms with Gasteiger partial charge in [0, 0.05) is 10.4 Å². The van der Waals surface area contributed by atoms with E-state index in [-0.39, 0.29) is 19.5 Å². The molecule has 0 saturated carbocycles. The molecule has 0 heterocycles. The van der Waals surface area contributed by atoms with E-state index < -0.39 is 26.7 Å². The van der Waals surface area contributed by atoms with Crippen molar-refractivity contribution in [3.63, 3.8) is 0 Å². The topological polar surface area (TPSA) is 190 Å². The SMILES string of the molecule is NC(=O)NS(=O)(=O)O.O=S(=O)([O-])[O-].[Zn+2]. The molecule has 4 N–H and O–H groups in total. The third-order valence-corrected chi connectivity index (χ3v) is 0.689. The summed E-state index contributed by atoms with van der Waals surface area (Å²) in [7, 11) is -9.61. The van der Waals surface area contributed by atoms with Crippen LogP contribution in [-0.4, -0.2) is 36.5 Å². The third kappa shape index (κ3) is 60.9. The first-order valence-corrected chi connectivity index (χ1v) is 4.90. The van der Waals surface area contributed by atoms with Gasteiger partial charge in [-0.05, 0) is 0 Å². The number of hydrogen-bond donors (Lipinski definition) is 3. The number of urea groups is 1. The van der Waals surface area contributed by atoms with Gasteiger partial charge < -0.3 is 14.8 Å². The molecule has 0 aliphatic carbocycles. The van der Waals surface area contributed by atoms with E-state index in [1.807, 2.05) is 0 Å². The van der Waals surface area contributed by atoms with Crippen LogP contribution in [0.2, 0.25) is 0 Å². The summed E-state index contributed by atoms with van der Waals surface area (Å²) in [6, 6.07) is -1.31. The fourth-order valence-corrected chi connectivity index (χ4v) is 0.381. The van der Waals surface area contributed by atoms with Crippen LogP contribution in [0.3, 0.4) is 0 Å². The van der Waals surface area contributed by atoms with E-state index in [9.17, 15) is 13.2 Å². The van der Waals surface area contributed by atoms with Crippen molar-refractivity contribution in [1.29, 1.82) is 0 Å². The minimum Gasteiger partial charge on any atom is -0.759 e. The molecule has 80 valence electrons. The van der Waals surface area contributed by atoms with E-state index in [0.29, 0.717) is 0 Å². The zero-order chi connectivity index (χ0) is 11.3. The van der Waals surface area contributed by atoms with Gasteiger partial charge in [0.05, 0.1) is 0 Å². The predicted octanol–water partition coefficient (Wildman–Crippen LogP) is -2.88. The summed E-state index contributed by atoms with van der Waals surface area (Å²) in [5.41, 5.74) is 4.29. The Morgan fingerprint density at radius 3 is 1.43 bits per heavy atom. The number of nitrogens with one attached hydrogen (secondary N) is 1. The summed E-state index contributed by atoms with van der Waals surface area (Å²) in [5, 5.41) is 0. The zero-order valence-corrected chi connectivity index (χ0v) is 11.0. The van der Waals surface area contributed by atoms with Crippen molar-refractivity contribution in [3.05, 3.63) is 0 Å². The molecule has 0 spiro atoms. The van der Waals surface area contributed by atoms with Gasteiger partial charge in [0.2, 0.25) is 0 Å². The van der Waals surface area contributed by atoms with Crippen LogP contribution in [-0.2, 0) is 40.2 Å². The molecular weight excluding hydrogens is 298 g/mol. The fourth-order valence-electron chi connectivity index (χ4n) is 0.127. The van der Waals surface area contributed by atoms with Crippen molar-refractivity contribution in [2.75, 3.05) is 0 Å². The Kier molecular flexibility index (Phi) is 9.68. The number of rotatable bonds is 1. The third-order valence-electron chi connectivity index (χ3n) is 0.230. The largest absolute Gasteiger partial charge is 2.00 e. The predicted molar refractivity (Wildman–Crippen MR) is 34.7 cm³/mol. The van der Waals surface area contributed by atoms with E-state index >= 15 is 0 Å². The van der Waals surface area contributed by atoms with Gasteiger partial charge in [0.15, 0.2) is 0 Å². The second-order valence-corrected chi connectivity index (χ2v) is 3.32. The smallest absolute Gasteiger partial charge is 0.759 e. The molecule has 0 fully saturated rings. The number of carbonyl (C=O) groups excluding carboxylic acids is 1. The Balaban J connectivity index is -0.000000177. The maximum absolute atomic E-state index is 9.59. The first-order chi connectivity index (χ1) is 5.42. The molecule has 0 aliphatic heterocycles. The number of amides is 2. The molecule has 14 heavy (non-hydrogen) atoms. The molecule has 0 radical (unpaired) electrons. The van der Waals surface area contributed by atoms with Crippen molar-refractivity contribution >= 4 is 26.7 Å². The van der Waals surface area contributed by atoms with E-state index in [2.05, 4.69) is 5.73 Å². The Hall–Kier alpha value is -0.327. The van der Waals surface area contributed by atoms with Crippen LogP contribution in [0.15, 0.2) is 0 Å². The quantitative estimate of drug-likeness (QED) is 0.261. The second kappa shape index (κ2) is 7.03. The first-order valence-electron chi connectivity index (χ1n) is 2.13. The standard InChI is InChI=1S/CH4N2O4S.H2O4S.Zn/c2-1(4)3-8(5,6)7;1-5(2,3)4;/h(H3,2,3,4)(H,5,6,7);(H2,1,2,3,4);/q;;+2/p-2.